The standard InChI is InChI=1S/C12H20O4/c1-2-3-7-16-12(14)5-4-11(13)10-6-8-15-9-10/h10H,2-9H2,1H3. The van der Waals surface area contributed by atoms with Crippen molar-refractivity contribution in [1.29, 1.82) is 0 Å². The molecule has 4 heteroatoms. The van der Waals surface area contributed by atoms with Gasteiger partial charge in [0, 0.05) is 18.9 Å². The first kappa shape index (κ1) is 13.2. The molecular formula is C12H20O4. The van der Waals surface area contributed by atoms with E-state index in [1.54, 1.807) is 0 Å². The van der Waals surface area contributed by atoms with Crippen molar-refractivity contribution in [3.05, 3.63) is 0 Å². The molecule has 0 spiro atoms. The van der Waals surface area contributed by atoms with Gasteiger partial charge < -0.3 is 9.47 Å². The number of unbranched alkanes of at least 4 members (excludes halogenated alkanes) is 1. The molecule has 1 unspecified atom stereocenters. The molecule has 0 aromatic rings. The number of esters is 1. The minimum absolute atomic E-state index is 0.00319. The van der Waals surface area contributed by atoms with E-state index >= 15 is 0 Å². The highest BCUT2D eigenvalue weighted by Crippen LogP contribution is 2.15. The SMILES string of the molecule is CCCCOC(=O)CCC(=O)C1CCOC1. The van der Waals surface area contributed by atoms with Crippen molar-refractivity contribution in [1.82, 2.24) is 0 Å². The lowest BCUT2D eigenvalue weighted by Crippen LogP contribution is -2.16. The van der Waals surface area contributed by atoms with Gasteiger partial charge in [-0.3, -0.25) is 9.59 Å². The van der Waals surface area contributed by atoms with E-state index in [1.807, 2.05) is 6.92 Å². The molecule has 1 atom stereocenters. The molecule has 1 heterocycles. The maximum atomic E-state index is 11.6. The summed E-state index contributed by atoms with van der Waals surface area (Å²) in [5.74, 6) is -0.130. The number of ether oxygens (including phenoxy) is 2. The Bertz CT molecular complexity index is 231. The van der Waals surface area contributed by atoms with Gasteiger partial charge in [0.25, 0.3) is 0 Å². The zero-order valence-electron chi connectivity index (χ0n) is 9.87. The summed E-state index contributed by atoms with van der Waals surface area (Å²) in [6, 6.07) is 0. The molecule has 0 saturated carbocycles. The Kier molecular flexibility index (Phi) is 6.08. The van der Waals surface area contributed by atoms with Crippen LogP contribution in [0.5, 0.6) is 0 Å². The lowest BCUT2D eigenvalue weighted by Gasteiger charge is -2.06. The number of hydrogen-bond acceptors (Lipinski definition) is 4. The Hall–Kier alpha value is -0.900. The molecule has 0 amide bonds. The highest BCUT2D eigenvalue weighted by atomic mass is 16.5. The second kappa shape index (κ2) is 7.39. The summed E-state index contributed by atoms with van der Waals surface area (Å²) in [5.41, 5.74) is 0. The number of rotatable bonds is 7. The van der Waals surface area contributed by atoms with E-state index in [2.05, 4.69) is 0 Å². The van der Waals surface area contributed by atoms with Crippen molar-refractivity contribution in [2.24, 2.45) is 5.92 Å². The van der Waals surface area contributed by atoms with E-state index in [9.17, 15) is 9.59 Å². The fourth-order valence-corrected chi connectivity index (χ4v) is 1.62. The van der Waals surface area contributed by atoms with Crippen LogP contribution in [-0.4, -0.2) is 31.6 Å². The molecule has 1 fully saturated rings. The molecule has 0 bridgehead atoms. The van der Waals surface area contributed by atoms with Gasteiger partial charge in [-0.2, -0.15) is 0 Å². The second-order valence-corrected chi connectivity index (χ2v) is 4.10. The van der Waals surface area contributed by atoms with Crippen molar-refractivity contribution in [2.75, 3.05) is 19.8 Å². The number of carbonyl (C=O) groups excluding carboxylic acids is 2. The minimum atomic E-state index is -0.263. The Morgan fingerprint density at radius 2 is 2.19 bits per heavy atom. The lowest BCUT2D eigenvalue weighted by molar-refractivity contribution is -0.145. The predicted octanol–water partition coefficient (Wildman–Crippen LogP) is 1.72. The number of ketones is 1. The van der Waals surface area contributed by atoms with E-state index in [0.717, 1.165) is 19.3 Å². The Labute approximate surface area is 96.3 Å². The summed E-state index contributed by atoms with van der Waals surface area (Å²) >= 11 is 0. The van der Waals surface area contributed by atoms with Crippen LogP contribution in [0.1, 0.15) is 39.0 Å². The van der Waals surface area contributed by atoms with Crippen molar-refractivity contribution in [2.45, 2.75) is 39.0 Å². The Morgan fingerprint density at radius 1 is 1.38 bits per heavy atom. The maximum Gasteiger partial charge on any atom is 0.306 e. The maximum absolute atomic E-state index is 11.6. The first-order chi connectivity index (χ1) is 7.74. The lowest BCUT2D eigenvalue weighted by atomic mass is 10.00. The molecule has 0 N–H and O–H groups in total. The normalized spacial score (nSPS) is 19.7. The Morgan fingerprint density at radius 3 is 2.81 bits per heavy atom. The van der Waals surface area contributed by atoms with E-state index in [-0.39, 0.29) is 24.1 Å². The van der Waals surface area contributed by atoms with Gasteiger partial charge in [0.2, 0.25) is 0 Å². The van der Waals surface area contributed by atoms with Gasteiger partial charge in [0.05, 0.1) is 19.6 Å². The average Bonchev–Trinajstić information content (AvgIpc) is 2.79. The zero-order chi connectivity index (χ0) is 11.8. The summed E-state index contributed by atoms with van der Waals surface area (Å²) < 4.78 is 10.1. The molecule has 0 radical (unpaired) electrons. The third-order valence-corrected chi connectivity index (χ3v) is 2.72. The molecule has 0 aromatic heterocycles. The molecule has 1 rings (SSSR count). The van der Waals surface area contributed by atoms with Crippen LogP contribution in [0.4, 0.5) is 0 Å². The van der Waals surface area contributed by atoms with Crippen LogP contribution in [-0.2, 0) is 19.1 Å². The largest absolute Gasteiger partial charge is 0.466 e. The van der Waals surface area contributed by atoms with Crippen LogP contribution in [0.25, 0.3) is 0 Å². The van der Waals surface area contributed by atoms with E-state index in [0.29, 0.717) is 26.2 Å². The fourth-order valence-electron chi connectivity index (χ4n) is 1.62. The van der Waals surface area contributed by atoms with Gasteiger partial charge in [-0.15, -0.1) is 0 Å². The molecule has 1 aliphatic heterocycles. The van der Waals surface area contributed by atoms with Gasteiger partial charge in [0.1, 0.15) is 5.78 Å². The van der Waals surface area contributed by atoms with Gasteiger partial charge in [-0.25, -0.2) is 0 Å². The second-order valence-electron chi connectivity index (χ2n) is 4.10. The van der Waals surface area contributed by atoms with E-state index in [4.69, 9.17) is 9.47 Å². The molecule has 92 valence electrons. The smallest absolute Gasteiger partial charge is 0.306 e. The van der Waals surface area contributed by atoms with Crippen LogP contribution in [0.2, 0.25) is 0 Å². The fraction of sp³-hybridized carbons (Fsp3) is 0.833. The molecule has 0 aromatic carbocycles. The minimum Gasteiger partial charge on any atom is -0.466 e. The number of Topliss-reactive ketones (excluding diaryl/α,β-unsaturated/α-hetero) is 1. The molecule has 1 aliphatic rings. The Balaban J connectivity index is 2.08. The van der Waals surface area contributed by atoms with Gasteiger partial charge in [-0.1, -0.05) is 13.3 Å². The molecular weight excluding hydrogens is 208 g/mol. The summed E-state index contributed by atoms with van der Waals surface area (Å²) in [6.07, 6.45) is 3.18. The summed E-state index contributed by atoms with van der Waals surface area (Å²) in [4.78, 5) is 22.8. The first-order valence-corrected chi connectivity index (χ1v) is 6.00. The van der Waals surface area contributed by atoms with Gasteiger partial charge >= 0.3 is 5.97 Å². The van der Waals surface area contributed by atoms with Crippen LogP contribution < -0.4 is 0 Å². The van der Waals surface area contributed by atoms with Crippen LogP contribution in [0.15, 0.2) is 0 Å². The molecule has 0 aliphatic carbocycles. The van der Waals surface area contributed by atoms with E-state index < -0.39 is 0 Å². The zero-order valence-corrected chi connectivity index (χ0v) is 9.87. The summed E-state index contributed by atoms with van der Waals surface area (Å²) in [7, 11) is 0. The number of hydrogen-bond donors (Lipinski definition) is 0. The van der Waals surface area contributed by atoms with Gasteiger partial charge in [-0.05, 0) is 12.8 Å². The monoisotopic (exact) mass is 228 g/mol. The van der Waals surface area contributed by atoms with Gasteiger partial charge in [0.15, 0.2) is 0 Å². The molecule has 4 nitrogen and oxygen atoms in total. The van der Waals surface area contributed by atoms with Crippen molar-refractivity contribution in [3.8, 4) is 0 Å². The molecule has 16 heavy (non-hydrogen) atoms. The van der Waals surface area contributed by atoms with Crippen LogP contribution in [0, 0.1) is 5.92 Å². The van der Waals surface area contributed by atoms with Crippen molar-refractivity contribution < 1.29 is 19.1 Å². The average molecular weight is 228 g/mol. The number of carbonyl (C=O) groups is 2. The summed E-state index contributed by atoms with van der Waals surface area (Å²) in [5, 5.41) is 0. The van der Waals surface area contributed by atoms with E-state index in [1.165, 1.54) is 0 Å². The predicted molar refractivity (Wildman–Crippen MR) is 59.0 cm³/mol. The molecule has 1 saturated heterocycles. The third kappa shape index (κ3) is 4.75. The topological polar surface area (TPSA) is 52.6 Å². The first-order valence-electron chi connectivity index (χ1n) is 6.00. The summed E-state index contributed by atoms with van der Waals surface area (Å²) in [6.45, 7) is 3.69. The third-order valence-electron chi connectivity index (χ3n) is 2.72. The van der Waals surface area contributed by atoms with Crippen molar-refractivity contribution >= 4 is 11.8 Å². The highest BCUT2D eigenvalue weighted by Gasteiger charge is 2.23. The van der Waals surface area contributed by atoms with Crippen LogP contribution in [0.3, 0.4) is 0 Å². The highest BCUT2D eigenvalue weighted by molar-refractivity contribution is 5.85. The quantitative estimate of drug-likeness (QED) is 0.491. The van der Waals surface area contributed by atoms with Crippen molar-refractivity contribution in [3.63, 3.8) is 0 Å². The van der Waals surface area contributed by atoms with Crippen LogP contribution >= 0.6 is 0 Å².